The standard InChI is InChI=1S/C16H18N4O3S/c1-9-15(22)18-12-8-10(2-4-13(12)24-9)6-7-17-16(23)11-3-5-14(21)20-19-11/h2,4,8-9H,3,5-7H2,1H3,(H,17,23)(H,18,22)(H,20,21). The Morgan fingerprint density at radius 3 is 2.96 bits per heavy atom. The molecule has 1 unspecified atom stereocenters. The van der Waals surface area contributed by atoms with E-state index in [4.69, 9.17) is 0 Å². The molecule has 2 aliphatic heterocycles. The number of rotatable bonds is 4. The van der Waals surface area contributed by atoms with Gasteiger partial charge in [-0.2, -0.15) is 5.10 Å². The predicted octanol–water partition coefficient (Wildman–Crippen LogP) is 1.04. The van der Waals surface area contributed by atoms with E-state index in [1.807, 2.05) is 25.1 Å². The second-order valence-corrected chi connectivity index (χ2v) is 7.06. The van der Waals surface area contributed by atoms with Crippen LogP contribution in [0.5, 0.6) is 0 Å². The maximum atomic E-state index is 12.0. The summed E-state index contributed by atoms with van der Waals surface area (Å²) >= 11 is 1.54. The van der Waals surface area contributed by atoms with Crippen molar-refractivity contribution in [2.75, 3.05) is 11.9 Å². The van der Waals surface area contributed by atoms with Gasteiger partial charge in [-0.05, 0) is 31.0 Å². The fraction of sp³-hybridized carbons (Fsp3) is 0.375. The molecule has 3 rings (SSSR count). The molecule has 0 aliphatic carbocycles. The molecule has 24 heavy (non-hydrogen) atoms. The van der Waals surface area contributed by atoms with Gasteiger partial charge in [0.05, 0.1) is 10.9 Å². The van der Waals surface area contributed by atoms with Crippen molar-refractivity contribution in [1.29, 1.82) is 0 Å². The molecule has 0 saturated carbocycles. The second kappa shape index (κ2) is 7.04. The van der Waals surface area contributed by atoms with E-state index in [0.29, 0.717) is 25.1 Å². The zero-order valence-electron chi connectivity index (χ0n) is 13.2. The molecule has 126 valence electrons. The van der Waals surface area contributed by atoms with Crippen molar-refractivity contribution >= 4 is 40.9 Å². The van der Waals surface area contributed by atoms with E-state index in [9.17, 15) is 14.4 Å². The van der Waals surface area contributed by atoms with Gasteiger partial charge in [0.15, 0.2) is 0 Å². The number of benzene rings is 1. The first-order valence-electron chi connectivity index (χ1n) is 7.77. The van der Waals surface area contributed by atoms with E-state index in [0.717, 1.165) is 16.1 Å². The minimum atomic E-state index is -0.259. The third-order valence-electron chi connectivity index (χ3n) is 3.84. The molecule has 0 saturated heterocycles. The normalized spacial score (nSPS) is 19.7. The van der Waals surface area contributed by atoms with Crippen LogP contribution in [-0.2, 0) is 20.8 Å². The third-order valence-corrected chi connectivity index (χ3v) is 5.02. The number of carbonyl (C=O) groups excluding carboxylic acids is 3. The summed E-state index contributed by atoms with van der Waals surface area (Å²) in [5, 5.41) is 9.38. The molecule has 0 bridgehead atoms. The van der Waals surface area contributed by atoms with Crippen LogP contribution in [0.25, 0.3) is 0 Å². The Bertz CT molecular complexity index is 732. The molecule has 2 heterocycles. The van der Waals surface area contributed by atoms with Gasteiger partial charge < -0.3 is 10.6 Å². The van der Waals surface area contributed by atoms with Crippen LogP contribution in [0.1, 0.15) is 25.3 Å². The van der Waals surface area contributed by atoms with E-state index in [2.05, 4.69) is 21.2 Å². The maximum absolute atomic E-state index is 12.0. The number of nitrogens with zero attached hydrogens (tertiary/aromatic N) is 1. The van der Waals surface area contributed by atoms with Gasteiger partial charge in [-0.15, -0.1) is 11.8 Å². The van der Waals surface area contributed by atoms with Crippen LogP contribution >= 0.6 is 11.8 Å². The highest BCUT2D eigenvalue weighted by atomic mass is 32.2. The van der Waals surface area contributed by atoms with Crippen LogP contribution in [0.2, 0.25) is 0 Å². The zero-order valence-corrected chi connectivity index (χ0v) is 14.0. The molecule has 2 aliphatic rings. The lowest BCUT2D eigenvalue weighted by Gasteiger charge is -2.22. The molecule has 1 aromatic rings. The maximum Gasteiger partial charge on any atom is 0.267 e. The molecule has 7 nitrogen and oxygen atoms in total. The molecular weight excluding hydrogens is 328 g/mol. The molecule has 8 heteroatoms. The summed E-state index contributed by atoms with van der Waals surface area (Å²) in [6.07, 6.45) is 1.29. The average molecular weight is 346 g/mol. The highest BCUT2D eigenvalue weighted by Crippen LogP contribution is 2.35. The summed E-state index contributed by atoms with van der Waals surface area (Å²) in [5.74, 6) is -0.421. The summed E-state index contributed by atoms with van der Waals surface area (Å²) < 4.78 is 0. The molecular formula is C16H18N4O3S. The molecule has 0 fully saturated rings. The summed E-state index contributed by atoms with van der Waals surface area (Å²) in [6, 6.07) is 5.94. The van der Waals surface area contributed by atoms with E-state index in [1.54, 1.807) is 11.8 Å². The van der Waals surface area contributed by atoms with Crippen LogP contribution in [0.3, 0.4) is 0 Å². The van der Waals surface area contributed by atoms with E-state index in [-0.39, 0.29) is 29.4 Å². The SMILES string of the molecule is CC1Sc2ccc(CCNC(=O)C3=NNC(=O)CC3)cc2NC1=O. The molecule has 3 N–H and O–H groups in total. The first kappa shape index (κ1) is 16.5. The first-order chi connectivity index (χ1) is 11.5. The fourth-order valence-electron chi connectivity index (χ4n) is 2.47. The van der Waals surface area contributed by atoms with E-state index >= 15 is 0 Å². The second-order valence-electron chi connectivity index (χ2n) is 5.68. The van der Waals surface area contributed by atoms with Gasteiger partial charge in [-0.3, -0.25) is 14.4 Å². The Kier molecular flexibility index (Phi) is 4.84. The van der Waals surface area contributed by atoms with Crippen molar-refractivity contribution in [3.63, 3.8) is 0 Å². The Balaban J connectivity index is 1.54. The van der Waals surface area contributed by atoms with Crippen molar-refractivity contribution in [3.05, 3.63) is 23.8 Å². The number of amides is 3. The number of anilines is 1. The lowest BCUT2D eigenvalue weighted by Crippen LogP contribution is -2.37. The van der Waals surface area contributed by atoms with Gasteiger partial charge in [0.25, 0.3) is 5.91 Å². The lowest BCUT2D eigenvalue weighted by atomic mass is 10.1. The van der Waals surface area contributed by atoms with Gasteiger partial charge >= 0.3 is 0 Å². The van der Waals surface area contributed by atoms with Crippen molar-refractivity contribution in [2.24, 2.45) is 5.10 Å². The van der Waals surface area contributed by atoms with Crippen molar-refractivity contribution in [3.8, 4) is 0 Å². The number of hydrogen-bond acceptors (Lipinski definition) is 5. The molecule has 0 radical (unpaired) electrons. The minimum Gasteiger partial charge on any atom is -0.351 e. The Labute approximate surface area is 143 Å². The van der Waals surface area contributed by atoms with Crippen molar-refractivity contribution in [1.82, 2.24) is 10.7 Å². The Morgan fingerprint density at radius 2 is 2.21 bits per heavy atom. The lowest BCUT2D eigenvalue weighted by molar-refractivity contribution is -0.121. The number of thioether (sulfide) groups is 1. The quantitative estimate of drug-likeness (QED) is 0.758. The molecule has 1 aromatic carbocycles. The number of nitrogens with one attached hydrogen (secondary N) is 3. The van der Waals surface area contributed by atoms with Crippen molar-refractivity contribution in [2.45, 2.75) is 36.3 Å². The number of carbonyl (C=O) groups is 3. The van der Waals surface area contributed by atoms with Crippen LogP contribution in [0.4, 0.5) is 5.69 Å². The fourth-order valence-corrected chi connectivity index (χ4v) is 3.40. The molecule has 1 atom stereocenters. The minimum absolute atomic E-state index is 0.00955. The van der Waals surface area contributed by atoms with Gasteiger partial charge in [-0.25, -0.2) is 5.43 Å². The zero-order chi connectivity index (χ0) is 17.1. The summed E-state index contributed by atoms with van der Waals surface area (Å²) in [5.41, 5.74) is 4.51. The van der Waals surface area contributed by atoms with Crippen LogP contribution in [0.15, 0.2) is 28.2 Å². The van der Waals surface area contributed by atoms with Crippen LogP contribution in [-0.4, -0.2) is 35.2 Å². The molecule has 0 spiro atoms. The summed E-state index contributed by atoms with van der Waals surface area (Å²) in [7, 11) is 0. The van der Waals surface area contributed by atoms with Gasteiger partial charge in [-0.1, -0.05) is 6.07 Å². The molecule has 3 amide bonds. The Hall–Kier alpha value is -2.35. The van der Waals surface area contributed by atoms with Crippen LogP contribution in [0, 0.1) is 0 Å². The smallest absolute Gasteiger partial charge is 0.267 e. The highest BCUT2D eigenvalue weighted by Gasteiger charge is 2.23. The number of hydrazone groups is 1. The summed E-state index contributed by atoms with van der Waals surface area (Å²) in [4.78, 5) is 35.8. The number of hydrogen-bond donors (Lipinski definition) is 3. The largest absolute Gasteiger partial charge is 0.351 e. The first-order valence-corrected chi connectivity index (χ1v) is 8.65. The summed E-state index contributed by atoms with van der Waals surface area (Å²) in [6.45, 7) is 2.34. The number of fused-ring (bicyclic) bond motifs is 1. The Morgan fingerprint density at radius 1 is 1.38 bits per heavy atom. The topological polar surface area (TPSA) is 99.7 Å². The van der Waals surface area contributed by atoms with Gasteiger partial charge in [0, 0.05) is 24.3 Å². The third kappa shape index (κ3) is 3.76. The highest BCUT2D eigenvalue weighted by molar-refractivity contribution is 8.00. The van der Waals surface area contributed by atoms with E-state index < -0.39 is 0 Å². The van der Waals surface area contributed by atoms with Crippen molar-refractivity contribution < 1.29 is 14.4 Å². The van der Waals surface area contributed by atoms with Gasteiger partial charge in [0.2, 0.25) is 11.8 Å². The average Bonchev–Trinajstić information content (AvgIpc) is 2.56. The van der Waals surface area contributed by atoms with Crippen LogP contribution < -0.4 is 16.1 Å². The molecule has 0 aromatic heterocycles. The predicted molar refractivity (Wildman–Crippen MR) is 91.9 cm³/mol. The van der Waals surface area contributed by atoms with Gasteiger partial charge in [0.1, 0.15) is 5.71 Å². The van der Waals surface area contributed by atoms with E-state index in [1.165, 1.54) is 0 Å². The monoisotopic (exact) mass is 346 g/mol.